The van der Waals surface area contributed by atoms with Gasteiger partial charge in [0.15, 0.2) is 11.5 Å². The summed E-state index contributed by atoms with van der Waals surface area (Å²) in [5.41, 5.74) is 1.37. The van der Waals surface area contributed by atoms with Crippen LogP contribution in [0.2, 0.25) is 0 Å². The lowest BCUT2D eigenvalue weighted by Gasteiger charge is -2.33. The molecule has 2 N–H and O–H groups in total. The number of amides is 2. The lowest BCUT2D eigenvalue weighted by atomic mass is 9.91. The van der Waals surface area contributed by atoms with Crippen molar-refractivity contribution >= 4 is 11.8 Å². The first-order valence-corrected chi connectivity index (χ1v) is 8.34. The molecule has 1 fully saturated rings. The Labute approximate surface area is 151 Å². The fraction of sp³-hybridized carbons (Fsp3) is 0.316. The van der Waals surface area contributed by atoms with Gasteiger partial charge in [-0.25, -0.2) is 0 Å². The van der Waals surface area contributed by atoms with Gasteiger partial charge in [0, 0.05) is 24.4 Å². The van der Waals surface area contributed by atoms with Crippen LogP contribution in [0, 0.1) is 0 Å². The van der Waals surface area contributed by atoms with E-state index < -0.39 is 0 Å². The zero-order valence-corrected chi connectivity index (χ0v) is 14.7. The molecule has 1 aliphatic rings. The van der Waals surface area contributed by atoms with Crippen molar-refractivity contribution in [3.63, 3.8) is 0 Å². The fourth-order valence-electron chi connectivity index (χ4n) is 3.07. The van der Waals surface area contributed by atoms with Crippen LogP contribution in [0.5, 0.6) is 11.5 Å². The number of pyridine rings is 1. The van der Waals surface area contributed by atoms with Gasteiger partial charge in [0.2, 0.25) is 5.91 Å². The SMILES string of the molecule is COc1ccc(C2NC(=O)CCC2NC(=O)c2ccncc2)cc1OC. The van der Waals surface area contributed by atoms with Gasteiger partial charge in [-0.15, -0.1) is 0 Å². The highest BCUT2D eigenvalue weighted by Gasteiger charge is 2.31. The Morgan fingerprint density at radius 2 is 1.88 bits per heavy atom. The van der Waals surface area contributed by atoms with E-state index in [1.807, 2.05) is 12.1 Å². The standard InChI is InChI=1S/C19H21N3O4/c1-25-15-5-3-13(11-16(15)26-2)18-14(4-6-17(23)22-18)21-19(24)12-7-9-20-10-8-12/h3,5,7-11,14,18H,4,6H2,1-2H3,(H,21,24)(H,22,23). The number of hydrogen-bond acceptors (Lipinski definition) is 5. The largest absolute Gasteiger partial charge is 0.493 e. The average molecular weight is 355 g/mol. The van der Waals surface area contributed by atoms with Gasteiger partial charge in [-0.05, 0) is 36.2 Å². The van der Waals surface area contributed by atoms with Crippen molar-refractivity contribution in [2.24, 2.45) is 0 Å². The first-order chi connectivity index (χ1) is 12.6. The Hall–Kier alpha value is -3.09. The molecule has 1 aliphatic heterocycles. The molecule has 0 aliphatic carbocycles. The van der Waals surface area contributed by atoms with E-state index in [-0.39, 0.29) is 23.9 Å². The molecule has 0 saturated carbocycles. The van der Waals surface area contributed by atoms with E-state index in [1.54, 1.807) is 44.8 Å². The van der Waals surface area contributed by atoms with Crippen molar-refractivity contribution in [2.75, 3.05) is 14.2 Å². The third kappa shape index (κ3) is 3.77. The van der Waals surface area contributed by atoms with Crippen molar-refractivity contribution in [1.82, 2.24) is 15.6 Å². The minimum atomic E-state index is -0.346. The van der Waals surface area contributed by atoms with Gasteiger partial charge in [0.05, 0.1) is 26.3 Å². The quantitative estimate of drug-likeness (QED) is 0.854. The van der Waals surface area contributed by atoms with Crippen molar-refractivity contribution in [2.45, 2.75) is 24.9 Å². The monoisotopic (exact) mass is 355 g/mol. The van der Waals surface area contributed by atoms with Gasteiger partial charge in [-0.3, -0.25) is 14.6 Å². The lowest BCUT2D eigenvalue weighted by Crippen LogP contribution is -2.50. The first kappa shape index (κ1) is 17.7. The van der Waals surface area contributed by atoms with Gasteiger partial charge >= 0.3 is 0 Å². The Bertz CT molecular complexity index is 795. The summed E-state index contributed by atoms with van der Waals surface area (Å²) in [5, 5.41) is 5.98. The number of hydrogen-bond donors (Lipinski definition) is 2. The van der Waals surface area contributed by atoms with Gasteiger partial charge in [-0.1, -0.05) is 6.07 Å². The molecule has 2 atom stereocenters. The van der Waals surface area contributed by atoms with Crippen molar-refractivity contribution in [3.8, 4) is 11.5 Å². The highest BCUT2D eigenvalue weighted by atomic mass is 16.5. The molecular weight excluding hydrogens is 334 g/mol. The summed E-state index contributed by atoms with van der Waals surface area (Å²) in [5.74, 6) is 0.943. The van der Waals surface area contributed by atoms with Gasteiger partial charge in [-0.2, -0.15) is 0 Å². The van der Waals surface area contributed by atoms with E-state index in [1.165, 1.54) is 0 Å². The van der Waals surface area contributed by atoms with Gasteiger partial charge in [0.25, 0.3) is 5.91 Å². The molecule has 1 aromatic heterocycles. The normalized spacial score (nSPS) is 19.4. The molecule has 0 bridgehead atoms. The summed E-state index contributed by atoms with van der Waals surface area (Å²) >= 11 is 0. The van der Waals surface area contributed by atoms with Crippen LogP contribution < -0.4 is 20.1 Å². The highest BCUT2D eigenvalue weighted by molar-refractivity contribution is 5.94. The van der Waals surface area contributed by atoms with Crippen LogP contribution in [0.4, 0.5) is 0 Å². The Kier molecular flexibility index (Phi) is 5.36. The summed E-state index contributed by atoms with van der Waals surface area (Å²) in [6.07, 6.45) is 4.07. The topological polar surface area (TPSA) is 89.6 Å². The summed E-state index contributed by atoms with van der Waals surface area (Å²) in [6, 6.07) is 8.21. The zero-order valence-electron chi connectivity index (χ0n) is 14.7. The number of aromatic nitrogens is 1. The molecule has 0 spiro atoms. The molecule has 2 heterocycles. The number of carbonyl (C=O) groups is 2. The van der Waals surface area contributed by atoms with Gasteiger partial charge in [0.1, 0.15) is 0 Å². The number of rotatable bonds is 5. The predicted octanol–water partition coefficient (Wildman–Crippen LogP) is 1.85. The Morgan fingerprint density at radius 1 is 1.15 bits per heavy atom. The maximum absolute atomic E-state index is 12.5. The van der Waals surface area contributed by atoms with Crippen LogP contribution in [0.25, 0.3) is 0 Å². The maximum Gasteiger partial charge on any atom is 0.251 e. The first-order valence-electron chi connectivity index (χ1n) is 8.34. The minimum Gasteiger partial charge on any atom is -0.493 e. The highest BCUT2D eigenvalue weighted by Crippen LogP contribution is 2.33. The zero-order chi connectivity index (χ0) is 18.5. The van der Waals surface area contributed by atoms with Crippen LogP contribution in [0.3, 0.4) is 0 Å². The molecule has 2 unspecified atom stereocenters. The number of ether oxygens (including phenoxy) is 2. The molecule has 2 amide bonds. The molecule has 136 valence electrons. The fourth-order valence-corrected chi connectivity index (χ4v) is 3.07. The average Bonchev–Trinajstić information content (AvgIpc) is 2.69. The second kappa shape index (κ2) is 7.86. The second-order valence-electron chi connectivity index (χ2n) is 6.01. The number of piperidine rings is 1. The molecule has 26 heavy (non-hydrogen) atoms. The van der Waals surface area contributed by atoms with E-state index in [0.29, 0.717) is 29.9 Å². The van der Waals surface area contributed by atoms with Gasteiger partial charge < -0.3 is 20.1 Å². The third-order valence-corrected chi connectivity index (χ3v) is 4.43. The van der Waals surface area contributed by atoms with Crippen molar-refractivity contribution < 1.29 is 19.1 Å². The molecule has 1 saturated heterocycles. The molecular formula is C19H21N3O4. The van der Waals surface area contributed by atoms with Crippen molar-refractivity contribution in [1.29, 1.82) is 0 Å². The molecule has 3 rings (SSSR count). The maximum atomic E-state index is 12.5. The van der Waals surface area contributed by atoms with Crippen molar-refractivity contribution in [3.05, 3.63) is 53.9 Å². The van der Waals surface area contributed by atoms with Crippen LogP contribution in [-0.4, -0.2) is 37.1 Å². The summed E-state index contributed by atoms with van der Waals surface area (Å²) in [6.45, 7) is 0. The Morgan fingerprint density at radius 3 is 2.58 bits per heavy atom. The third-order valence-electron chi connectivity index (χ3n) is 4.43. The van der Waals surface area contributed by atoms with E-state index in [9.17, 15) is 9.59 Å². The smallest absolute Gasteiger partial charge is 0.251 e. The number of benzene rings is 1. The Balaban J connectivity index is 1.85. The molecule has 7 heteroatoms. The van der Waals surface area contributed by atoms with Crippen LogP contribution >= 0.6 is 0 Å². The molecule has 7 nitrogen and oxygen atoms in total. The summed E-state index contributed by atoms with van der Waals surface area (Å²) in [4.78, 5) is 28.4. The van der Waals surface area contributed by atoms with E-state index in [2.05, 4.69) is 15.6 Å². The number of carbonyl (C=O) groups excluding carboxylic acids is 2. The minimum absolute atomic E-state index is 0.0424. The van der Waals surface area contributed by atoms with E-state index in [4.69, 9.17) is 9.47 Å². The van der Waals surface area contributed by atoms with Crippen LogP contribution in [-0.2, 0) is 4.79 Å². The number of nitrogens with zero attached hydrogens (tertiary/aromatic N) is 1. The van der Waals surface area contributed by atoms with E-state index in [0.717, 1.165) is 5.56 Å². The number of methoxy groups -OCH3 is 2. The predicted molar refractivity (Wildman–Crippen MR) is 95.2 cm³/mol. The van der Waals surface area contributed by atoms with E-state index >= 15 is 0 Å². The molecule has 1 aromatic carbocycles. The van der Waals surface area contributed by atoms with Crippen LogP contribution in [0.15, 0.2) is 42.7 Å². The molecule has 0 radical (unpaired) electrons. The van der Waals surface area contributed by atoms with Crippen LogP contribution in [0.1, 0.15) is 34.8 Å². The lowest BCUT2D eigenvalue weighted by molar-refractivity contribution is -0.123. The summed E-state index contributed by atoms with van der Waals surface area (Å²) in [7, 11) is 3.13. The molecule has 2 aromatic rings. The summed E-state index contributed by atoms with van der Waals surface area (Å²) < 4.78 is 10.6. The number of nitrogens with one attached hydrogen (secondary N) is 2. The second-order valence-corrected chi connectivity index (χ2v) is 6.01.